The van der Waals surface area contributed by atoms with Gasteiger partial charge in [0, 0.05) is 33.4 Å². The third kappa shape index (κ3) is 5.65. The van der Waals surface area contributed by atoms with Gasteiger partial charge in [-0.3, -0.25) is 0 Å². The molecular formula is C76H46O2. The zero-order valence-electron chi connectivity index (χ0n) is 42.4. The molecule has 2 spiro atoms. The number of hydrogen-bond acceptors (Lipinski definition) is 2. The van der Waals surface area contributed by atoms with Crippen molar-refractivity contribution < 1.29 is 9.47 Å². The molecule has 0 unspecified atom stereocenters. The normalized spacial score (nSPS) is 14.1. The molecule has 0 N–H and O–H groups in total. The summed E-state index contributed by atoms with van der Waals surface area (Å²) in [5.41, 5.74) is 22.6. The van der Waals surface area contributed by atoms with Gasteiger partial charge in [0.25, 0.3) is 0 Å². The van der Waals surface area contributed by atoms with Gasteiger partial charge in [-0.05, 0) is 118 Å². The lowest BCUT2D eigenvalue weighted by Crippen LogP contribution is -2.32. The molecule has 13 aromatic rings. The van der Waals surface area contributed by atoms with Crippen LogP contribution >= 0.6 is 0 Å². The first-order valence-electron chi connectivity index (χ1n) is 27.1. The van der Waals surface area contributed by atoms with E-state index in [2.05, 4.69) is 279 Å². The van der Waals surface area contributed by atoms with Gasteiger partial charge in [-0.2, -0.15) is 0 Å². The van der Waals surface area contributed by atoms with Gasteiger partial charge in [0.15, 0.2) is 0 Å². The molecule has 0 saturated carbocycles. The van der Waals surface area contributed by atoms with Crippen molar-refractivity contribution in [3.63, 3.8) is 0 Å². The van der Waals surface area contributed by atoms with Gasteiger partial charge in [0.2, 0.25) is 0 Å². The maximum atomic E-state index is 7.35. The Morgan fingerprint density at radius 1 is 0.205 bits per heavy atom. The molecule has 0 atom stereocenters. The highest BCUT2D eigenvalue weighted by molar-refractivity contribution is 6.19. The van der Waals surface area contributed by atoms with Crippen molar-refractivity contribution in [2.45, 2.75) is 10.8 Å². The van der Waals surface area contributed by atoms with Crippen molar-refractivity contribution in [3.8, 4) is 89.8 Å². The summed E-state index contributed by atoms with van der Waals surface area (Å²) in [6.45, 7) is 0. The van der Waals surface area contributed by atoms with E-state index in [0.717, 1.165) is 83.8 Å². The van der Waals surface area contributed by atoms with Crippen molar-refractivity contribution in [1.82, 2.24) is 0 Å². The maximum absolute atomic E-state index is 7.35. The monoisotopic (exact) mass is 990 g/mol. The van der Waals surface area contributed by atoms with Crippen molar-refractivity contribution in [3.05, 3.63) is 324 Å². The second-order valence-corrected chi connectivity index (χ2v) is 21.2. The SMILES string of the molecule is c1ccc(-c2ccc(-c3c4cccc(-c5cccc6c5Oc5ccccc5C65c6ccccc6-c6ccccc65)c4cc4c(-c5cccc6c5Oc5ccccc5C65c6ccccc6-c6ccccc65)cccc34)cc2)cc1. The van der Waals surface area contributed by atoms with E-state index in [0.29, 0.717) is 0 Å². The lowest BCUT2D eigenvalue weighted by molar-refractivity contribution is 0.438. The second-order valence-electron chi connectivity index (χ2n) is 21.2. The molecule has 2 aliphatic carbocycles. The van der Waals surface area contributed by atoms with Crippen LogP contribution in [0.1, 0.15) is 44.5 Å². The Hall–Kier alpha value is -10.0. The fourth-order valence-electron chi connectivity index (χ4n) is 14.6. The molecule has 0 amide bonds. The first-order chi connectivity index (χ1) is 38.7. The standard InChI is InChI=1S/C76H46O2/c1-2-20-47(21-3-1)48-42-44-49(45-43-48)72-56-28-16-26-50(58-30-18-38-68-73(58)77-70-40-14-12-36-66(70)75(68)62-32-8-4-22-52(62)53-23-5-9-33-63(53)75)60(56)46-61-51(27-17-29-57(61)72)59-31-19-39-69-74(59)78-71-41-15-13-37-67(71)76(69)64-34-10-6-24-54(64)55-25-7-11-35-65(55)76/h1-46H. The Morgan fingerprint density at radius 2 is 0.526 bits per heavy atom. The molecule has 13 aromatic carbocycles. The van der Waals surface area contributed by atoms with Crippen LogP contribution in [0.3, 0.4) is 0 Å². The van der Waals surface area contributed by atoms with Crippen LogP contribution in [0.5, 0.6) is 23.0 Å². The van der Waals surface area contributed by atoms with E-state index < -0.39 is 10.8 Å². The van der Waals surface area contributed by atoms with Crippen LogP contribution in [0.4, 0.5) is 0 Å². The Morgan fingerprint density at radius 3 is 0.974 bits per heavy atom. The third-order valence-corrected chi connectivity index (χ3v) is 17.6. The van der Waals surface area contributed by atoms with E-state index in [1.54, 1.807) is 0 Å². The summed E-state index contributed by atoms with van der Waals surface area (Å²) in [4.78, 5) is 0. The quantitative estimate of drug-likeness (QED) is 0.164. The number of ether oxygens (including phenoxy) is 2. The Balaban J connectivity index is 0.948. The zero-order chi connectivity index (χ0) is 51.1. The van der Waals surface area contributed by atoms with Crippen LogP contribution < -0.4 is 9.47 Å². The molecule has 0 saturated heterocycles. The number of fused-ring (bicyclic) bond motifs is 20. The van der Waals surface area contributed by atoms with E-state index >= 15 is 0 Å². The highest BCUT2D eigenvalue weighted by atomic mass is 16.5. The van der Waals surface area contributed by atoms with Crippen molar-refractivity contribution >= 4 is 21.5 Å². The lowest BCUT2D eigenvalue weighted by Gasteiger charge is -2.40. The van der Waals surface area contributed by atoms with Gasteiger partial charge < -0.3 is 9.47 Å². The topological polar surface area (TPSA) is 18.5 Å². The van der Waals surface area contributed by atoms with E-state index in [1.807, 2.05) is 0 Å². The maximum Gasteiger partial charge on any atom is 0.140 e. The van der Waals surface area contributed by atoms with Crippen LogP contribution in [0.15, 0.2) is 279 Å². The van der Waals surface area contributed by atoms with Crippen molar-refractivity contribution in [2.24, 2.45) is 0 Å². The highest BCUT2D eigenvalue weighted by Crippen LogP contribution is 2.65. The van der Waals surface area contributed by atoms with Gasteiger partial charge in [-0.15, -0.1) is 0 Å². The third-order valence-electron chi connectivity index (χ3n) is 17.6. The van der Waals surface area contributed by atoms with E-state index in [1.165, 1.54) is 72.0 Å². The van der Waals surface area contributed by atoms with Crippen molar-refractivity contribution in [2.75, 3.05) is 0 Å². The molecule has 0 radical (unpaired) electrons. The Labute approximate surface area is 452 Å². The van der Waals surface area contributed by atoms with Gasteiger partial charge in [0.05, 0.1) is 10.8 Å². The van der Waals surface area contributed by atoms with Crippen LogP contribution in [-0.2, 0) is 10.8 Å². The fourth-order valence-corrected chi connectivity index (χ4v) is 14.6. The molecule has 78 heavy (non-hydrogen) atoms. The summed E-state index contributed by atoms with van der Waals surface area (Å²) < 4.78 is 14.7. The minimum atomic E-state index is -0.591. The summed E-state index contributed by atoms with van der Waals surface area (Å²) in [5, 5.41) is 4.62. The predicted molar refractivity (Wildman–Crippen MR) is 318 cm³/mol. The molecule has 2 aliphatic heterocycles. The number of hydrogen-bond donors (Lipinski definition) is 0. The number of rotatable bonds is 4. The number of benzene rings is 13. The molecule has 0 fully saturated rings. The van der Waals surface area contributed by atoms with Crippen molar-refractivity contribution in [1.29, 1.82) is 0 Å². The van der Waals surface area contributed by atoms with E-state index in [-0.39, 0.29) is 0 Å². The molecule has 362 valence electrons. The molecule has 4 aliphatic rings. The zero-order valence-corrected chi connectivity index (χ0v) is 42.4. The average molecular weight is 991 g/mol. The molecule has 2 nitrogen and oxygen atoms in total. The fraction of sp³-hybridized carbons (Fsp3) is 0.0263. The first kappa shape index (κ1) is 43.2. The predicted octanol–water partition coefficient (Wildman–Crippen LogP) is 19.6. The summed E-state index contributed by atoms with van der Waals surface area (Å²) in [7, 11) is 0. The lowest BCUT2D eigenvalue weighted by atomic mass is 9.65. The van der Waals surface area contributed by atoms with Gasteiger partial charge in [-0.25, -0.2) is 0 Å². The first-order valence-corrected chi connectivity index (χ1v) is 27.1. The molecule has 2 heterocycles. The molecular weight excluding hydrogens is 945 g/mol. The van der Waals surface area contributed by atoms with Gasteiger partial charge in [0.1, 0.15) is 23.0 Å². The molecule has 0 bridgehead atoms. The second kappa shape index (κ2) is 16.2. The van der Waals surface area contributed by atoms with E-state index in [9.17, 15) is 0 Å². The molecule has 0 aromatic heterocycles. The molecule has 2 heteroatoms. The summed E-state index contributed by atoms with van der Waals surface area (Å²) in [6, 6.07) is 103. The summed E-state index contributed by atoms with van der Waals surface area (Å²) in [6.07, 6.45) is 0. The largest absolute Gasteiger partial charge is 0.456 e. The number of para-hydroxylation sites is 4. The smallest absolute Gasteiger partial charge is 0.140 e. The van der Waals surface area contributed by atoms with Crippen LogP contribution in [-0.4, -0.2) is 0 Å². The minimum absolute atomic E-state index is 0.591. The molecule has 17 rings (SSSR count). The highest BCUT2D eigenvalue weighted by Gasteiger charge is 2.53. The van der Waals surface area contributed by atoms with Crippen LogP contribution in [0.2, 0.25) is 0 Å². The summed E-state index contributed by atoms with van der Waals surface area (Å²) >= 11 is 0. The Kier molecular flexibility index (Phi) is 9.01. The minimum Gasteiger partial charge on any atom is -0.456 e. The van der Waals surface area contributed by atoms with E-state index in [4.69, 9.17) is 9.47 Å². The van der Waals surface area contributed by atoms with Gasteiger partial charge in [-0.1, -0.05) is 261 Å². The average Bonchev–Trinajstić information content (AvgIpc) is 3.18. The van der Waals surface area contributed by atoms with Crippen LogP contribution in [0.25, 0.3) is 88.3 Å². The summed E-state index contributed by atoms with van der Waals surface area (Å²) in [5.74, 6) is 3.50. The Bertz CT molecular complexity index is 4330. The van der Waals surface area contributed by atoms with Gasteiger partial charge >= 0.3 is 0 Å². The van der Waals surface area contributed by atoms with Crippen LogP contribution in [0, 0.1) is 0 Å².